The van der Waals surface area contributed by atoms with E-state index in [4.69, 9.17) is 15.7 Å². The van der Waals surface area contributed by atoms with Gasteiger partial charge in [-0.05, 0) is 30.0 Å². The Labute approximate surface area is 108 Å². The van der Waals surface area contributed by atoms with Crippen molar-refractivity contribution in [3.8, 4) is 11.8 Å². The van der Waals surface area contributed by atoms with Crippen molar-refractivity contribution >= 4 is 0 Å². The van der Waals surface area contributed by atoms with Gasteiger partial charge in [0.1, 0.15) is 5.75 Å². The number of likely N-dealkylation sites (tertiary alicyclic amines) is 1. The van der Waals surface area contributed by atoms with E-state index in [2.05, 4.69) is 23.1 Å². The number of hydrogen-bond acceptors (Lipinski definition) is 4. The largest absolute Gasteiger partial charge is 0.497 e. The third kappa shape index (κ3) is 3.00. The van der Waals surface area contributed by atoms with E-state index in [1.807, 2.05) is 12.1 Å². The molecule has 4 nitrogen and oxygen atoms in total. The van der Waals surface area contributed by atoms with Gasteiger partial charge >= 0.3 is 0 Å². The Kier molecular flexibility index (Phi) is 4.19. The molecule has 2 N–H and O–H groups in total. The van der Waals surface area contributed by atoms with Crippen LogP contribution in [0.2, 0.25) is 0 Å². The van der Waals surface area contributed by atoms with Crippen molar-refractivity contribution < 1.29 is 4.74 Å². The summed E-state index contributed by atoms with van der Waals surface area (Å²) < 4.78 is 5.25. The van der Waals surface area contributed by atoms with E-state index in [-0.39, 0.29) is 6.04 Å². The third-order valence-corrected chi connectivity index (χ3v) is 3.42. The number of piperidine rings is 1. The number of rotatable bonds is 3. The summed E-state index contributed by atoms with van der Waals surface area (Å²) in [5, 5.41) is 8.79. The molecule has 0 bridgehead atoms. The zero-order chi connectivity index (χ0) is 13.0. The van der Waals surface area contributed by atoms with Crippen molar-refractivity contribution in [3.05, 3.63) is 29.8 Å². The van der Waals surface area contributed by atoms with Crippen LogP contribution in [0.4, 0.5) is 0 Å². The lowest BCUT2D eigenvalue weighted by molar-refractivity contribution is 0.208. The smallest absolute Gasteiger partial charge is 0.119 e. The number of methoxy groups -OCH3 is 1. The van der Waals surface area contributed by atoms with Gasteiger partial charge in [-0.1, -0.05) is 12.1 Å². The number of nitrogens with zero attached hydrogens (tertiary/aromatic N) is 2. The molecule has 1 saturated heterocycles. The van der Waals surface area contributed by atoms with Crippen LogP contribution in [-0.2, 0) is 0 Å². The number of nitrogens with two attached hydrogens (primary N) is 1. The predicted molar refractivity (Wildman–Crippen MR) is 70.4 cm³/mol. The molecular formula is C14H19N3O. The summed E-state index contributed by atoms with van der Waals surface area (Å²) in [5.74, 6) is 1.26. The molecule has 0 amide bonds. The maximum atomic E-state index is 8.79. The van der Waals surface area contributed by atoms with Crippen LogP contribution in [0, 0.1) is 11.3 Å². The Morgan fingerprint density at radius 2 is 2.33 bits per heavy atom. The van der Waals surface area contributed by atoms with E-state index in [1.165, 1.54) is 5.56 Å². The molecule has 1 aromatic rings. The van der Waals surface area contributed by atoms with E-state index < -0.39 is 0 Å². The lowest BCUT2D eigenvalue weighted by Gasteiger charge is -2.35. The van der Waals surface area contributed by atoms with Crippen LogP contribution in [0.3, 0.4) is 0 Å². The normalized spacial score (nSPS) is 24.5. The fourth-order valence-electron chi connectivity index (χ4n) is 2.60. The highest BCUT2D eigenvalue weighted by Crippen LogP contribution is 2.28. The average Bonchev–Trinajstić information content (AvgIpc) is 2.38. The van der Waals surface area contributed by atoms with E-state index in [0.29, 0.717) is 12.5 Å². The van der Waals surface area contributed by atoms with E-state index in [9.17, 15) is 0 Å². The molecule has 96 valence electrons. The molecule has 0 saturated carbocycles. The van der Waals surface area contributed by atoms with Crippen LogP contribution >= 0.6 is 0 Å². The highest BCUT2D eigenvalue weighted by atomic mass is 16.5. The lowest BCUT2D eigenvalue weighted by atomic mass is 9.88. The van der Waals surface area contributed by atoms with Crippen molar-refractivity contribution in [2.75, 3.05) is 26.7 Å². The molecule has 2 atom stereocenters. The molecule has 4 heteroatoms. The maximum Gasteiger partial charge on any atom is 0.119 e. The second-order valence-electron chi connectivity index (χ2n) is 4.82. The second kappa shape index (κ2) is 5.85. The SMILES string of the molecule is COc1cccc(C2CC(N)CN(CC#N)C2)c1. The third-order valence-electron chi connectivity index (χ3n) is 3.42. The highest BCUT2D eigenvalue weighted by Gasteiger charge is 2.26. The number of hydrogen-bond donors (Lipinski definition) is 1. The molecular weight excluding hydrogens is 226 g/mol. The number of benzene rings is 1. The topological polar surface area (TPSA) is 62.3 Å². The van der Waals surface area contributed by atoms with Gasteiger partial charge in [0.05, 0.1) is 19.7 Å². The fraction of sp³-hybridized carbons (Fsp3) is 0.500. The predicted octanol–water partition coefficient (Wildman–Crippen LogP) is 1.34. The van der Waals surface area contributed by atoms with Crippen LogP contribution in [-0.4, -0.2) is 37.7 Å². The van der Waals surface area contributed by atoms with Crippen LogP contribution < -0.4 is 10.5 Å². The quantitative estimate of drug-likeness (QED) is 0.816. The molecule has 2 unspecified atom stereocenters. The maximum absolute atomic E-state index is 8.79. The summed E-state index contributed by atoms with van der Waals surface area (Å²) in [6.45, 7) is 2.16. The van der Waals surface area contributed by atoms with Crippen molar-refractivity contribution in [2.24, 2.45) is 5.73 Å². The van der Waals surface area contributed by atoms with Gasteiger partial charge in [-0.15, -0.1) is 0 Å². The van der Waals surface area contributed by atoms with Gasteiger partial charge in [0.15, 0.2) is 0 Å². The van der Waals surface area contributed by atoms with Crippen LogP contribution in [0.15, 0.2) is 24.3 Å². The van der Waals surface area contributed by atoms with Gasteiger partial charge in [0, 0.05) is 19.1 Å². The molecule has 0 radical (unpaired) electrons. The Morgan fingerprint density at radius 1 is 1.50 bits per heavy atom. The minimum Gasteiger partial charge on any atom is -0.497 e. The van der Waals surface area contributed by atoms with E-state index in [1.54, 1.807) is 7.11 Å². The fourth-order valence-corrected chi connectivity index (χ4v) is 2.60. The average molecular weight is 245 g/mol. The standard InChI is InChI=1S/C14H19N3O/c1-18-14-4-2-3-11(8-14)12-7-13(16)10-17(9-12)6-5-15/h2-4,8,12-13H,6-7,9-10,16H2,1H3. The van der Waals surface area contributed by atoms with Gasteiger partial charge in [-0.3, -0.25) is 4.90 Å². The Hall–Kier alpha value is -1.57. The lowest BCUT2D eigenvalue weighted by Crippen LogP contribution is -2.46. The molecule has 1 aliphatic heterocycles. The molecule has 2 rings (SSSR count). The number of nitriles is 1. The summed E-state index contributed by atoms with van der Waals surface area (Å²) in [6.07, 6.45) is 0.967. The van der Waals surface area contributed by atoms with Crippen LogP contribution in [0.1, 0.15) is 17.9 Å². The van der Waals surface area contributed by atoms with Crippen molar-refractivity contribution in [1.29, 1.82) is 5.26 Å². The Balaban J connectivity index is 2.13. The molecule has 1 fully saturated rings. The minimum atomic E-state index is 0.142. The first kappa shape index (κ1) is 12.9. The molecule has 1 aliphatic rings. The van der Waals surface area contributed by atoms with Gasteiger partial charge < -0.3 is 10.5 Å². The highest BCUT2D eigenvalue weighted by molar-refractivity contribution is 5.31. The zero-order valence-corrected chi connectivity index (χ0v) is 10.7. The molecule has 1 heterocycles. The first-order valence-electron chi connectivity index (χ1n) is 6.21. The van der Waals surface area contributed by atoms with E-state index in [0.717, 1.165) is 25.3 Å². The van der Waals surface area contributed by atoms with Crippen molar-refractivity contribution in [3.63, 3.8) is 0 Å². The molecule has 0 aliphatic carbocycles. The Morgan fingerprint density at radius 3 is 3.06 bits per heavy atom. The summed E-state index contributed by atoms with van der Waals surface area (Å²) in [7, 11) is 1.67. The summed E-state index contributed by atoms with van der Waals surface area (Å²) in [4.78, 5) is 2.12. The summed E-state index contributed by atoms with van der Waals surface area (Å²) in [5.41, 5.74) is 7.31. The van der Waals surface area contributed by atoms with Gasteiger partial charge in [0.2, 0.25) is 0 Å². The van der Waals surface area contributed by atoms with Gasteiger partial charge in [0.25, 0.3) is 0 Å². The van der Waals surface area contributed by atoms with Gasteiger partial charge in [-0.25, -0.2) is 0 Å². The summed E-state index contributed by atoms with van der Waals surface area (Å²) in [6, 6.07) is 10.5. The number of ether oxygens (including phenoxy) is 1. The van der Waals surface area contributed by atoms with E-state index >= 15 is 0 Å². The molecule has 1 aromatic carbocycles. The zero-order valence-electron chi connectivity index (χ0n) is 10.7. The molecule has 0 spiro atoms. The first-order valence-corrected chi connectivity index (χ1v) is 6.21. The monoisotopic (exact) mass is 245 g/mol. The first-order chi connectivity index (χ1) is 8.72. The summed E-state index contributed by atoms with van der Waals surface area (Å²) >= 11 is 0. The van der Waals surface area contributed by atoms with Crippen LogP contribution in [0.25, 0.3) is 0 Å². The molecule has 0 aromatic heterocycles. The Bertz CT molecular complexity index is 441. The van der Waals surface area contributed by atoms with Crippen LogP contribution in [0.5, 0.6) is 5.75 Å². The minimum absolute atomic E-state index is 0.142. The van der Waals surface area contributed by atoms with Crippen molar-refractivity contribution in [2.45, 2.75) is 18.4 Å². The molecule has 18 heavy (non-hydrogen) atoms. The van der Waals surface area contributed by atoms with Crippen molar-refractivity contribution in [1.82, 2.24) is 4.90 Å². The van der Waals surface area contributed by atoms with Gasteiger partial charge in [-0.2, -0.15) is 5.26 Å². The second-order valence-corrected chi connectivity index (χ2v) is 4.82.